The Morgan fingerprint density at radius 3 is 2.56 bits per heavy atom. The minimum Gasteiger partial charge on any atom is -0.307 e. The predicted octanol–water partition coefficient (Wildman–Crippen LogP) is 0.972. The van der Waals surface area contributed by atoms with Crippen molar-refractivity contribution in [2.75, 3.05) is 31.9 Å². The summed E-state index contributed by atoms with van der Waals surface area (Å²) in [6.45, 7) is 7.03. The molecule has 2 atom stereocenters. The van der Waals surface area contributed by atoms with Crippen LogP contribution in [0, 0.1) is 5.92 Å². The Labute approximate surface area is 198 Å². The molecule has 0 radical (unpaired) electrons. The number of fused-ring (bicyclic) bond motifs is 1. The number of nitrogens with zero attached hydrogens (tertiary/aromatic N) is 7. The number of sulfonamides is 1. The monoisotopic (exact) mass is 486 g/mol. The van der Waals surface area contributed by atoms with Crippen molar-refractivity contribution < 1.29 is 8.42 Å². The molecule has 34 heavy (non-hydrogen) atoms. The van der Waals surface area contributed by atoms with E-state index in [0.29, 0.717) is 49.7 Å². The zero-order valence-corrected chi connectivity index (χ0v) is 20.3. The van der Waals surface area contributed by atoms with E-state index in [1.807, 2.05) is 0 Å². The molecule has 12 heteroatoms. The maximum absolute atomic E-state index is 12.9. The lowest BCUT2D eigenvalue weighted by atomic mass is 9.97. The summed E-state index contributed by atoms with van der Waals surface area (Å²) in [4.78, 5) is 31.3. The Morgan fingerprint density at radius 2 is 1.85 bits per heavy atom. The second-order valence-corrected chi connectivity index (χ2v) is 11.5. The average molecular weight is 487 g/mol. The molecule has 0 amide bonds. The van der Waals surface area contributed by atoms with Crippen molar-refractivity contribution in [1.29, 1.82) is 0 Å². The van der Waals surface area contributed by atoms with Gasteiger partial charge in [0.15, 0.2) is 5.52 Å². The summed E-state index contributed by atoms with van der Waals surface area (Å²) >= 11 is 0. The van der Waals surface area contributed by atoms with Gasteiger partial charge in [-0.15, -0.1) is 0 Å². The maximum atomic E-state index is 12.9. The Bertz CT molecular complexity index is 1310. The van der Waals surface area contributed by atoms with E-state index in [4.69, 9.17) is 5.10 Å². The van der Waals surface area contributed by atoms with Gasteiger partial charge in [-0.2, -0.15) is 5.10 Å². The minimum atomic E-state index is -3.19. The van der Waals surface area contributed by atoms with Crippen LogP contribution in [0.15, 0.2) is 29.5 Å². The molecule has 2 fully saturated rings. The molecule has 2 unspecified atom stereocenters. The van der Waals surface area contributed by atoms with E-state index in [1.165, 1.54) is 0 Å². The molecule has 0 saturated carbocycles. The summed E-state index contributed by atoms with van der Waals surface area (Å²) in [5.41, 5.74) is 0.217. The third-order valence-electron chi connectivity index (χ3n) is 7.05. The number of aromatic nitrogens is 6. The predicted molar refractivity (Wildman–Crippen MR) is 126 cm³/mol. The van der Waals surface area contributed by atoms with Gasteiger partial charge in [-0.3, -0.25) is 9.69 Å². The number of rotatable bonds is 6. The van der Waals surface area contributed by atoms with E-state index in [1.54, 1.807) is 40.4 Å². The first-order valence-corrected chi connectivity index (χ1v) is 13.4. The van der Waals surface area contributed by atoms with Gasteiger partial charge in [0, 0.05) is 50.4 Å². The first-order chi connectivity index (χ1) is 16.4. The summed E-state index contributed by atoms with van der Waals surface area (Å²) in [6, 6.07) is 1.80. The zero-order valence-electron chi connectivity index (χ0n) is 19.5. The Kier molecular flexibility index (Phi) is 6.21. The molecule has 3 aromatic heterocycles. The fourth-order valence-corrected chi connectivity index (χ4v) is 6.25. The van der Waals surface area contributed by atoms with E-state index < -0.39 is 10.0 Å². The van der Waals surface area contributed by atoms with Gasteiger partial charge in [-0.05, 0) is 31.7 Å². The third-order valence-corrected chi connectivity index (χ3v) is 8.93. The molecule has 5 rings (SSSR count). The molecule has 3 aromatic rings. The quantitative estimate of drug-likeness (QED) is 0.546. The van der Waals surface area contributed by atoms with Gasteiger partial charge >= 0.3 is 0 Å². The summed E-state index contributed by atoms with van der Waals surface area (Å²) in [5.74, 6) is 2.72. The highest BCUT2D eigenvalue weighted by Gasteiger charge is 2.34. The number of nitrogens with one attached hydrogen (secondary N) is 1. The standard InChI is InChI=1S/C22H30N8O3S/c1-3-34(32,33)29-9-5-16(6-10-29)21-25-11-18-22(31)26-20(27-30(18)21)17-13-28(12-15(17)2)14-19-23-7-4-8-24-19/h4,7-8,11,15-17H,3,5-6,9-10,12-14H2,1-2H3,(H,26,27,31). The zero-order chi connectivity index (χ0) is 23.9. The van der Waals surface area contributed by atoms with Gasteiger partial charge in [-0.1, -0.05) is 6.92 Å². The average Bonchev–Trinajstić information content (AvgIpc) is 3.43. The van der Waals surface area contributed by atoms with Crippen molar-refractivity contribution in [3.63, 3.8) is 0 Å². The van der Waals surface area contributed by atoms with Crippen LogP contribution >= 0.6 is 0 Å². The Hall–Kier alpha value is -2.70. The lowest BCUT2D eigenvalue weighted by Crippen LogP contribution is -2.39. The Morgan fingerprint density at radius 1 is 1.12 bits per heavy atom. The normalized spacial score (nSPS) is 23.1. The third kappa shape index (κ3) is 4.37. The lowest BCUT2D eigenvalue weighted by molar-refractivity contribution is 0.309. The number of imidazole rings is 1. The molecule has 2 aliphatic heterocycles. The molecule has 11 nitrogen and oxygen atoms in total. The van der Waals surface area contributed by atoms with Gasteiger partial charge in [0.25, 0.3) is 5.56 Å². The van der Waals surface area contributed by atoms with Crippen LogP contribution in [0.3, 0.4) is 0 Å². The van der Waals surface area contributed by atoms with Crippen molar-refractivity contribution in [1.82, 2.24) is 38.8 Å². The summed E-state index contributed by atoms with van der Waals surface area (Å²) in [5, 5.41) is 4.84. The molecular weight excluding hydrogens is 456 g/mol. The van der Waals surface area contributed by atoms with E-state index in [2.05, 4.69) is 31.8 Å². The molecular formula is C22H30N8O3S. The number of piperidine rings is 1. The fraction of sp³-hybridized carbons (Fsp3) is 0.591. The molecule has 0 spiro atoms. The second kappa shape index (κ2) is 9.16. The minimum absolute atomic E-state index is 0.0562. The highest BCUT2D eigenvalue weighted by atomic mass is 32.2. The largest absolute Gasteiger partial charge is 0.307 e. The molecule has 2 aliphatic rings. The van der Waals surface area contributed by atoms with Crippen LogP contribution < -0.4 is 5.56 Å². The molecule has 182 valence electrons. The topological polar surface area (TPSA) is 129 Å². The van der Waals surface area contributed by atoms with Crippen LogP contribution in [0.5, 0.6) is 0 Å². The lowest BCUT2D eigenvalue weighted by Gasteiger charge is -2.30. The highest BCUT2D eigenvalue weighted by Crippen LogP contribution is 2.32. The van der Waals surface area contributed by atoms with Crippen molar-refractivity contribution in [3.05, 3.63) is 52.5 Å². The number of hydrogen-bond acceptors (Lipinski definition) is 8. The number of likely N-dealkylation sites (tertiary alicyclic amines) is 1. The van der Waals surface area contributed by atoms with Gasteiger partial charge < -0.3 is 4.98 Å². The van der Waals surface area contributed by atoms with Crippen LogP contribution in [0.1, 0.15) is 56.0 Å². The molecule has 2 saturated heterocycles. The van der Waals surface area contributed by atoms with Gasteiger partial charge in [0.2, 0.25) is 10.0 Å². The molecule has 0 aliphatic carbocycles. The second-order valence-electron chi connectivity index (χ2n) is 9.27. The number of hydrogen-bond donors (Lipinski definition) is 1. The van der Waals surface area contributed by atoms with Crippen LogP contribution in [-0.2, 0) is 16.6 Å². The summed E-state index contributed by atoms with van der Waals surface area (Å²) in [6.07, 6.45) is 6.38. The van der Waals surface area contributed by atoms with Crippen LogP contribution in [-0.4, -0.2) is 79.1 Å². The smallest absolute Gasteiger partial charge is 0.276 e. The molecule has 0 bridgehead atoms. The van der Waals surface area contributed by atoms with Crippen molar-refractivity contribution >= 4 is 15.5 Å². The van der Waals surface area contributed by atoms with E-state index in [0.717, 1.165) is 24.7 Å². The van der Waals surface area contributed by atoms with Crippen molar-refractivity contribution in [3.8, 4) is 0 Å². The number of H-pyrrole nitrogens is 1. The molecule has 5 heterocycles. The van der Waals surface area contributed by atoms with Gasteiger partial charge in [0.05, 0.1) is 18.5 Å². The van der Waals surface area contributed by atoms with Crippen LogP contribution in [0.2, 0.25) is 0 Å². The van der Waals surface area contributed by atoms with Crippen LogP contribution in [0.4, 0.5) is 0 Å². The van der Waals surface area contributed by atoms with Gasteiger partial charge in [0.1, 0.15) is 17.5 Å². The molecule has 1 N–H and O–H groups in total. The Balaban J connectivity index is 1.37. The van der Waals surface area contributed by atoms with Crippen LogP contribution in [0.25, 0.3) is 5.52 Å². The van der Waals surface area contributed by atoms with Crippen molar-refractivity contribution in [2.45, 2.75) is 45.1 Å². The highest BCUT2D eigenvalue weighted by molar-refractivity contribution is 7.89. The first kappa shape index (κ1) is 23.1. The summed E-state index contributed by atoms with van der Waals surface area (Å²) < 4.78 is 27.6. The number of aromatic amines is 1. The van der Waals surface area contributed by atoms with Gasteiger partial charge in [-0.25, -0.2) is 32.2 Å². The molecule has 0 aromatic carbocycles. The maximum Gasteiger partial charge on any atom is 0.276 e. The van der Waals surface area contributed by atoms with E-state index in [9.17, 15) is 13.2 Å². The van der Waals surface area contributed by atoms with E-state index in [-0.39, 0.29) is 23.1 Å². The van der Waals surface area contributed by atoms with Crippen molar-refractivity contribution in [2.24, 2.45) is 5.92 Å². The van der Waals surface area contributed by atoms with E-state index >= 15 is 0 Å². The first-order valence-electron chi connectivity index (χ1n) is 11.8. The fourth-order valence-electron chi connectivity index (χ4n) is 5.12. The summed E-state index contributed by atoms with van der Waals surface area (Å²) in [7, 11) is -3.19. The SMILES string of the molecule is CCS(=O)(=O)N1CCC(c2ncc3c(=O)[nH]c(C4CN(Cc5ncccn5)CC4C)nn23)CC1.